The zero-order valence-electron chi connectivity index (χ0n) is 54.8. The van der Waals surface area contributed by atoms with Crippen molar-refractivity contribution in [3.63, 3.8) is 0 Å². The van der Waals surface area contributed by atoms with Crippen molar-refractivity contribution in [1.29, 1.82) is 0 Å². The molecule has 496 valence electrons. The second-order valence-electron chi connectivity index (χ2n) is 25.7. The smallest absolute Gasteiger partial charge is 0.329 e. The lowest BCUT2D eigenvalue weighted by Gasteiger charge is -2.36. The van der Waals surface area contributed by atoms with Gasteiger partial charge in [-0.2, -0.15) is 0 Å². The molecule has 1 aliphatic carbocycles. The minimum Gasteiger partial charge on any atom is -0.458 e. The molecular formula is C63H88N12O16. The van der Waals surface area contributed by atoms with Crippen molar-refractivity contribution in [3.05, 3.63) is 44.6 Å². The van der Waals surface area contributed by atoms with Gasteiger partial charge in [0.05, 0.1) is 35.4 Å². The van der Waals surface area contributed by atoms with Gasteiger partial charge < -0.3 is 70.3 Å². The summed E-state index contributed by atoms with van der Waals surface area (Å²) in [5.41, 5.74) is 3.70. The highest BCUT2D eigenvalue weighted by molar-refractivity contribution is 6.11. The van der Waals surface area contributed by atoms with E-state index in [1.54, 1.807) is 62.3 Å². The third kappa shape index (κ3) is 14.1. The summed E-state index contributed by atoms with van der Waals surface area (Å²) < 4.78 is 18.5. The van der Waals surface area contributed by atoms with Gasteiger partial charge in [-0.25, -0.2) is 24.2 Å². The number of rotatable bonds is 9. The van der Waals surface area contributed by atoms with Crippen LogP contribution < -0.4 is 32.4 Å². The first-order chi connectivity index (χ1) is 42.6. The summed E-state index contributed by atoms with van der Waals surface area (Å²) in [4.78, 5) is 200. The molecule has 0 aromatic heterocycles. The Labute approximate surface area is 528 Å². The van der Waals surface area contributed by atoms with Gasteiger partial charge in [-0.3, -0.25) is 43.2 Å². The maximum absolute atomic E-state index is 15.4. The number of aryl methyl sites for hydroxylation is 1. The molecule has 0 radical (unpaired) electrons. The van der Waals surface area contributed by atoms with Crippen LogP contribution in [-0.2, 0) is 47.8 Å². The Kier molecular flexibility index (Phi) is 21.6. The Hall–Kier alpha value is -8.72. The molecule has 0 saturated carbocycles. The number of carbonyl (C=O) groups is 12. The molecule has 6 aliphatic rings. The van der Waals surface area contributed by atoms with E-state index in [9.17, 15) is 43.2 Å². The number of aromatic nitrogens is 1. The van der Waals surface area contributed by atoms with Crippen LogP contribution in [0.1, 0.15) is 133 Å². The molecule has 0 bridgehead atoms. The van der Waals surface area contributed by atoms with Crippen LogP contribution in [0.2, 0.25) is 0 Å². The Balaban J connectivity index is 1.34. The first-order valence-corrected chi connectivity index (χ1v) is 31.1. The van der Waals surface area contributed by atoms with Crippen molar-refractivity contribution in [2.45, 2.75) is 176 Å². The summed E-state index contributed by atoms with van der Waals surface area (Å²) in [7, 11) is 5.57. The molecule has 7 rings (SSSR count). The van der Waals surface area contributed by atoms with Gasteiger partial charge in [0, 0.05) is 46.8 Å². The molecule has 4 saturated heterocycles. The van der Waals surface area contributed by atoms with Crippen LogP contribution in [0.25, 0.3) is 22.6 Å². The largest absolute Gasteiger partial charge is 0.458 e. The summed E-state index contributed by atoms with van der Waals surface area (Å²) in [6, 6.07) is -9.43. The van der Waals surface area contributed by atoms with E-state index in [2.05, 4.69) is 21.3 Å². The molecule has 5 aliphatic heterocycles. The average molecular weight is 1270 g/mol. The van der Waals surface area contributed by atoms with E-state index in [-0.39, 0.29) is 59.6 Å². The van der Waals surface area contributed by atoms with Gasteiger partial charge in [0.25, 0.3) is 11.8 Å². The summed E-state index contributed by atoms with van der Waals surface area (Å²) in [5.74, 6) is -11.0. The lowest BCUT2D eigenvalue weighted by atomic mass is 9.89. The van der Waals surface area contributed by atoms with Gasteiger partial charge in [0.15, 0.2) is 22.9 Å². The number of amides is 10. The van der Waals surface area contributed by atoms with Crippen molar-refractivity contribution < 1.29 is 71.4 Å². The number of nitrogens with two attached hydrogens (primary N) is 1. The molecule has 0 spiro atoms. The molecule has 5 heterocycles. The fourth-order valence-corrected chi connectivity index (χ4v) is 12.5. The van der Waals surface area contributed by atoms with Crippen molar-refractivity contribution >= 4 is 87.8 Å². The van der Waals surface area contributed by atoms with Crippen LogP contribution in [-0.4, -0.2) is 220 Å². The molecule has 1 aromatic rings. The van der Waals surface area contributed by atoms with Crippen LogP contribution in [0.3, 0.4) is 0 Å². The van der Waals surface area contributed by atoms with E-state index in [4.69, 9.17) is 24.6 Å². The van der Waals surface area contributed by atoms with Crippen molar-refractivity contribution in [2.75, 3.05) is 60.1 Å². The highest BCUT2D eigenvalue weighted by atomic mass is 16.6. The predicted molar refractivity (Wildman–Crippen MR) is 331 cm³/mol. The highest BCUT2D eigenvalue weighted by Crippen LogP contribution is 2.35. The standard InChI is InChI=1S/C63H88N12O16/c1-17-31(8)44-53(80)46(35(12)90-60(85)49(29(4)5)72(15)39(76)26-70(13)59(84)38-21-19-24-74(38)62(87)69-44)68-58(83)41-42(64)51(78)33(10)55-48(41)65-47-36(23-22-32(9)54(47)91-55)56(81)67-45-34(11)89-61(86)50(30(6)7)73(16)40(77)27-71(14)63(88)75-25-18-20-37(75)57(82)66-43(28(2)3)52(45)79/h22-23,28-31,34-35,37-38,43-46,49-50H,17-21,24-27,64H2,1-16H3,(H,66,82)(H,67,81)(H,68,83)(H,69,87). The van der Waals surface area contributed by atoms with Gasteiger partial charge in [0.2, 0.25) is 29.1 Å². The zero-order chi connectivity index (χ0) is 67.7. The van der Waals surface area contributed by atoms with Crippen LogP contribution >= 0.6 is 0 Å². The quantitative estimate of drug-likeness (QED) is 0.117. The molecule has 28 heteroatoms. The number of benzene rings is 2. The SMILES string of the molecule is CCC(C)C1NC(=O)N2CCCC2C(=O)N(C)CC(=O)N(C)C(C(C)C)C(=O)OC(C)C(NC(=O)c2c3nc4c(C(=O)NC5C(=O)C(C(C)C)NC(=O)C6CCCN6C(=O)N(C)CC(=O)N(C)C(C(C)C)C(=O)OC5C)ccc(C)c4oc-3c(C)c(=O)c2N)C1=O. The van der Waals surface area contributed by atoms with E-state index in [0.717, 1.165) is 14.7 Å². The number of anilines is 1. The van der Waals surface area contributed by atoms with Crippen LogP contribution in [0.5, 0.6) is 0 Å². The number of hydrogen-bond acceptors (Lipinski definition) is 18. The van der Waals surface area contributed by atoms with Crippen LogP contribution in [0.4, 0.5) is 15.3 Å². The van der Waals surface area contributed by atoms with Crippen molar-refractivity contribution in [2.24, 2.45) is 23.7 Å². The zero-order valence-corrected chi connectivity index (χ0v) is 54.8. The molecule has 4 fully saturated rings. The van der Waals surface area contributed by atoms with E-state index >= 15 is 19.2 Å². The van der Waals surface area contributed by atoms with E-state index in [1.807, 2.05) is 0 Å². The van der Waals surface area contributed by atoms with Gasteiger partial charge >= 0.3 is 24.0 Å². The van der Waals surface area contributed by atoms with Crippen molar-refractivity contribution in [3.8, 4) is 11.5 Å². The van der Waals surface area contributed by atoms with Gasteiger partial charge in [-0.1, -0.05) is 67.9 Å². The average Bonchev–Trinajstić information content (AvgIpc) is 1.23. The minimum atomic E-state index is -1.84. The number of hydrogen-bond donors (Lipinski definition) is 5. The van der Waals surface area contributed by atoms with E-state index in [1.165, 1.54) is 75.8 Å². The predicted octanol–water partition coefficient (Wildman–Crippen LogP) is 2.39. The fourth-order valence-electron chi connectivity index (χ4n) is 12.5. The maximum Gasteiger partial charge on any atom is 0.329 e. The number of fused-ring (bicyclic) bond motifs is 4. The number of nitrogens with zero attached hydrogens (tertiary/aromatic N) is 7. The number of nitrogens with one attached hydrogen (secondary N) is 4. The molecule has 1 aromatic carbocycles. The Morgan fingerprint density at radius 2 is 1.20 bits per heavy atom. The maximum atomic E-state index is 15.4. The first kappa shape index (κ1) is 69.7. The summed E-state index contributed by atoms with van der Waals surface area (Å²) >= 11 is 0. The number of nitrogen functional groups attached to an aromatic ring is 1. The van der Waals surface area contributed by atoms with Crippen LogP contribution in [0, 0.1) is 37.5 Å². The molecular weight excluding hydrogens is 1180 g/mol. The number of Topliss-reactive ketones (excluding diaryl/α,β-unsaturated/α-hetero) is 2. The van der Waals surface area contributed by atoms with Gasteiger partial charge in [-0.15, -0.1) is 0 Å². The number of ketones is 2. The molecule has 6 N–H and O–H groups in total. The number of esters is 2. The lowest BCUT2D eigenvalue weighted by Crippen LogP contribution is -2.61. The van der Waals surface area contributed by atoms with E-state index < -0.39 is 185 Å². The lowest BCUT2D eigenvalue weighted by molar-refractivity contribution is -0.163. The topological polar surface area (TPSA) is 360 Å². The first-order valence-electron chi connectivity index (χ1n) is 31.1. The fraction of sp³-hybridized carbons (Fsp3) is 0.619. The number of likely N-dealkylation sites (N-methyl/N-ethyl adjacent to an activating group) is 4. The second-order valence-corrected chi connectivity index (χ2v) is 25.7. The number of urea groups is 2. The molecule has 11 atom stereocenters. The number of ether oxygens (including phenoxy) is 2. The molecule has 10 amide bonds. The Morgan fingerprint density at radius 1 is 0.681 bits per heavy atom. The van der Waals surface area contributed by atoms with Crippen LogP contribution in [0.15, 0.2) is 21.3 Å². The summed E-state index contributed by atoms with van der Waals surface area (Å²) in [5, 5.41) is 10.9. The Bertz CT molecular complexity index is 3440. The monoisotopic (exact) mass is 1270 g/mol. The van der Waals surface area contributed by atoms with Crippen molar-refractivity contribution in [1.82, 2.24) is 55.7 Å². The second kappa shape index (κ2) is 28.2. The summed E-state index contributed by atoms with van der Waals surface area (Å²) in [6.07, 6.45) is -1.38. The third-order valence-electron chi connectivity index (χ3n) is 18.1. The van der Waals surface area contributed by atoms with E-state index in [0.29, 0.717) is 24.8 Å². The highest BCUT2D eigenvalue weighted by Gasteiger charge is 2.47. The number of carbonyl (C=O) groups excluding carboxylic acids is 12. The summed E-state index contributed by atoms with van der Waals surface area (Å²) in [6.45, 7) is 18.5. The molecule has 91 heavy (non-hydrogen) atoms. The molecule has 28 nitrogen and oxygen atoms in total. The number of cyclic esters (lactones) is 2. The molecule has 11 unspecified atom stereocenters. The Morgan fingerprint density at radius 3 is 1.74 bits per heavy atom. The van der Waals surface area contributed by atoms with Gasteiger partial charge in [0.1, 0.15) is 66.2 Å². The van der Waals surface area contributed by atoms with Gasteiger partial charge in [-0.05, 0) is 88.7 Å². The minimum absolute atomic E-state index is 0.0687. The normalized spacial score (nSPS) is 26.4. The third-order valence-corrected chi connectivity index (χ3v) is 18.1.